The minimum absolute atomic E-state index is 0.426. The van der Waals surface area contributed by atoms with E-state index in [-0.39, 0.29) is 0 Å². The third kappa shape index (κ3) is 4.43. The molecule has 1 N–H and O–H groups in total. The predicted molar refractivity (Wildman–Crippen MR) is 75.8 cm³/mol. The van der Waals surface area contributed by atoms with E-state index in [0.29, 0.717) is 6.04 Å². The highest BCUT2D eigenvalue weighted by molar-refractivity contribution is 5.28. The summed E-state index contributed by atoms with van der Waals surface area (Å²) in [5.74, 6) is 0.879. The van der Waals surface area contributed by atoms with E-state index >= 15 is 0 Å². The Hall–Kier alpha value is -0.860. The van der Waals surface area contributed by atoms with E-state index in [2.05, 4.69) is 43.4 Å². The summed E-state index contributed by atoms with van der Waals surface area (Å²) < 4.78 is 5.63. The second-order valence-corrected chi connectivity index (χ2v) is 5.40. The molecule has 2 heteroatoms. The second-order valence-electron chi connectivity index (χ2n) is 5.40. The van der Waals surface area contributed by atoms with Crippen molar-refractivity contribution in [2.45, 2.75) is 39.2 Å². The summed E-state index contributed by atoms with van der Waals surface area (Å²) in [7, 11) is 0. The molecule has 0 saturated heterocycles. The van der Waals surface area contributed by atoms with Crippen molar-refractivity contribution in [1.82, 2.24) is 5.32 Å². The first-order chi connectivity index (χ1) is 8.77. The molecule has 0 aliphatic heterocycles. The van der Waals surface area contributed by atoms with E-state index in [0.717, 1.165) is 32.1 Å². The molecule has 1 aromatic rings. The lowest BCUT2D eigenvalue weighted by molar-refractivity contribution is 0.121. The fourth-order valence-electron chi connectivity index (χ4n) is 2.21. The topological polar surface area (TPSA) is 21.3 Å². The number of ether oxygens (including phenoxy) is 1. The lowest BCUT2D eigenvalue weighted by Gasteiger charge is -2.16. The summed E-state index contributed by atoms with van der Waals surface area (Å²) in [4.78, 5) is 0. The average molecular weight is 247 g/mol. The van der Waals surface area contributed by atoms with Gasteiger partial charge in [-0.2, -0.15) is 0 Å². The zero-order chi connectivity index (χ0) is 12.8. The van der Waals surface area contributed by atoms with Gasteiger partial charge in [-0.05, 0) is 56.7 Å². The molecule has 1 atom stereocenters. The van der Waals surface area contributed by atoms with Crippen LogP contribution in [0.5, 0.6) is 0 Å². The molecule has 18 heavy (non-hydrogen) atoms. The van der Waals surface area contributed by atoms with Gasteiger partial charge in [0.25, 0.3) is 0 Å². The summed E-state index contributed by atoms with van der Waals surface area (Å²) in [6.07, 6.45) is 3.86. The Bertz CT molecular complexity index is 360. The lowest BCUT2D eigenvalue weighted by Crippen LogP contribution is -2.21. The van der Waals surface area contributed by atoms with Crippen LogP contribution in [0.2, 0.25) is 0 Å². The van der Waals surface area contributed by atoms with Gasteiger partial charge in [0.15, 0.2) is 0 Å². The zero-order valence-electron chi connectivity index (χ0n) is 11.6. The van der Waals surface area contributed by atoms with Gasteiger partial charge in [0.1, 0.15) is 0 Å². The number of rotatable bonds is 8. The van der Waals surface area contributed by atoms with E-state index in [1.54, 1.807) is 0 Å². The Morgan fingerprint density at radius 3 is 2.83 bits per heavy atom. The van der Waals surface area contributed by atoms with Crippen LogP contribution in [0.1, 0.15) is 43.4 Å². The molecule has 0 amide bonds. The van der Waals surface area contributed by atoms with E-state index in [1.165, 1.54) is 24.0 Å². The fourth-order valence-corrected chi connectivity index (χ4v) is 2.21. The van der Waals surface area contributed by atoms with Gasteiger partial charge in [-0.3, -0.25) is 0 Å². The molecule has 2 nitrogen and oxygen atoms in total. The van der Waals surface area contributed by atoms with Crippen molar-refractivity contribution >= 4 is 0 Å². The first-order valence-corrected chi connectivity index (χ1v) is 7.14. The molecule has 1 unspecified atom stereocenters. The molecule has 2 rings (SSSR count). The van der Waals surface area contributed by atoms with Crippen LogP contribution in [-0.2, 0) is 4.74 Å². The van der Waals surface area contributed by atoms with Crippen molar-refractivity contribution in [2.24, 2.45) is 5.92 Å². The van der Waals surface area contributed by atoms with E-state index in [4.69, 9.17) is 4.74 Å². The lowest BCUT2D eigenvalue weighted by atomic mass is 10.0. The van der Waals surface area contributed by atoms with Crippen LogP contribution in [0.4, 0.5) is 0 Å². The average Bonchev–Trinajstić information content (AvgIpc) is 3.18. The minimum atomic E-state index is 0.426. The van der Waals surface area contributed by atoms with Gasteiger partial charge in [-0.25, -0.2) is 0 Å². The maximum absolute atomic E-state index is 5.63. The molecule has 0 bridgehead atoms. The molecule has 1 aliphatic rings. The monoisotopic (exact) mass is 247 g/mol. The Morgan fingerprint density at radius 1 is 1.33 bits per heavy atom. The van der Waals surface area contributed by atoms with Crippen LogP contribution in [0.3, 0.4) is 0 Å². The van der Waals surface area contributed by atoms with Crippen molar-refractivity contribution in [3.63, 3.8) is 0 Å². The number of benzene rings is 1. The predicted octanol–water partition coefficient (Wildman–Crippen LogP) is 3.46. The number of nitrogens with one attached hydrogen (secondary N) is 1. The summed E-state index contributed by atoms with van der Waals surface area (Å²) in [5.41, 5.74) is 2.76. The van der Waals surface area contributed by atoms with E-state index in [9.17, 15) is 0 Å². The van der Waals surface area contributed by atoms with Crippen molar-refractivity contribution < 1.29 is 4.74 Å². The summed E-state index contributed by atoms with van der Waals surface area (Å²) in [5, 5.41) is 3.56. The molecular weight excluding hydrogens is 222 g/mol. The third-order valence-electron chi connectivity index (χ3n) is 3.62. The number of hydrogen-bond donors (Lipinski definition) is 1. The third-order valence-corrected chi connectivity index (χ3v) is 3.62. The van der Waals surface area contributed by atoms with Gasteiger partial charge in [-0.15, -0.1) is 0 Å². The van der Waals surface area contributed by atoms with Gasteiger partial charge in [-0.1, -0.05) is 24.3 Å². The van der Waals surface area contributed by atoms with Crippen LogP contribution in [0, 0.1) is 12.8 Å². The SMILES string of the molecule is Cc1ccccc1C(C)NCCCOCC1CC1. The zero-order valence-corrected chi connectivity index (χ0v) is 11.6. The Kier molecular flexibility index (Phi) is 5.21. The Labute approximate surface area is 111 Å². The normalized spacial score (nSPS) is 16.8. The maximum Gasteiger partial charge on any atom is 0.0494 e. The summed E-state index contributed by atoms with van der Waals surface area (Å²) in [6.45, 7) is 7.30. The highest BCUT2D eigenvalue weighted by Gasteiger charge is 2.20. The van der Waals surface area contributed by atoms with Gasteiger partial charge >= 0.3 is 0 Å². The fraction of sp³-hybridized carbons (Fsp3) is 0.625. The molecule has 0 spiro atoms. The molecule has 1 fully saturated rings. The molecule has 0 heterocycles. The quantitative estimate of drug-likeness (QED) is 0.710. The van der Waals surface area contributed by atoms with Gasteiger partial charge in [0.05, 0.1) is 0 Å². The van der Waals surface area contributed by atoms with Crippen molar-refractivity contribution in [2.75, 3.05) is 19.8 Å². The molecule has 1 aliphatic carbocycles. The van der Waals surface area contributed by atoms with Crippen LogP contribution in [0.25, 0.3) is 0 Å². The summed E-state index contributed by atoms with van der Waals surface area (Å²) >= 11 is 0. The van der Waals surface area contributed by atoms with Crippen LogP contribution in [-0.4, -0.2) is 19.8 Å². The first-order valence-electron chi connectivity index (χ1n) is 7.14. The van der Waals surface area contributed by atoms with Gasteiger partial charge in [0.2, 0.25) is 0 Å². The van der Waals surface area contributed by atoms with Crippen LogP contribution < -0.4 is 5.32 Å². The standard InChI is InChI=1S/C16H25NO/c1-13-6-3-4-7-16(13)14(2)17-10-5-11-18-12-15-8-9-15/h3-4,6-7,14-15,17H,5,8-12H2,1-2H3. The minimum Gasteiger partial charge on any atom is -0.381 e. The number of aryl methyl sites for hydroxylation is 1. The van der Waals surface area contributed by atoms with Crippen molar-refractivity contribution in [3.8, 4) is 0 Å². The van der Waals surface area contributed by atoms with Crippen LogP contribution in [0.15, 0.2) is 24.3 Å². The Morgan fingerprint density at radius 2 is 2.11 bits per heavy atom. The van der Waals surface area contributed by atoms with Gasteiger partial charge < -0.3 is 10.1 Å². The van der Waals surface area contributed by atoms with Crippen molar-refractivity contribution in [3.05, 3.63) is 35.4 Å². The molecule has 0 radical (unpaired) electrons. The van der Waals surface area contributed by atoms with E-state index in [1.807, 2.05) is 0 Å². The molecule has 0 aromatic heterocycles. The van der Waals surface area contributed by atoms with E-state index < -0.39 is 0 Å². The molecule has 1 saturated carbocycles. The second kappa shape index (κ2) is 6.91. The van der Waals surface area contributed by atoms with Gasteiger partial charge in [0, 0.05) is 19.3 Å². The van der Waals surface area contributed by atoms with Crippen LogP contribution >= 0.6 is 0 Å². The Balaban J connectivity index is 1.59. The molecule has 1 aromatic carbocycles. The highest BCUT2D eigenvalue weighted by Crippen LogP contribution is 2.28. The largest absolute Gasteiger partial charge is 0.381 e. The molecular formula is C16H25NO. The smallest absolute Gasteiger partial charge is 0.0494 e. The number of hydrogen-bond acceptors (Lipinski definition) is 2. The first kappa shape index (κ1) is 13.6. The highest BCUT2D eigenvalue weighted by atomic mass is 16.5. The summed E-state index contributed by atoms with van der Waals surface area (Å²) in [6, 6.07) is 9.01. The maximum atomic E-state index is 5.63. The van der Waals surface area contributed by atoms with Crippen molar-refractivity contribution in [1.29, 1.82) is 0 Å². The molecule has 100 valence electrons.